The van der Waals surface area contributed by atoms with Crippen molar-refractivity contribution in [1.82, 2.24) is 0 Å². The highest BCUT2D eigenvalue weighted by atomic mass is 32.2. The van der Waals surface area contributed by atoms with Crippen LogP contribution in [0.3, 0.4) is 0 Å². The van der Waals surface area contributed by atoms with Crippen molar-refractivity contribution in [3.05, 3.63) is 59.7 Å². The average Bonchev–Trinajstić information content (AvgIpc) is 3.61. The maximum atomic E-state index is 2.25. The lowest BCUT2D eigenvalue weighted by Crippen LogP contribution is -1.81. The third-order valence-electron chi connectivity index (χ3n) is 4.34. The lowest BCUT2D eigenvalue weighted by atomic mass is 10.2. The third kappa shape index (κ3) is 9.49. The minimum absolute atomic E-state index is 0. The quantitative estimate of drug-likeness (QED) is 0.374. The standard InChI is InChI=1S/2C11H14S2.H2S/c2*1-12-10-4-2-9(3-5-10)8-13-11-6-7-11;/h2*2-5,11H,6-8H2,1H3;1H2. The maximum absolute atomic E-state index is 2.25. The number of benzene rings is 2. The molecule has 2 fully saturated rings. The van der Waals surface area contributed by atoms with E-state index in [1.807, 2.05) is 23.5 Å². The zero-order valence-corrected chi connectivity index (χ0v) is 20.4. The Hall–Kier alpha value is 0.190. The number of rotatable bonds is 8. The van der Waals surface area contributed by atoms with Crippen LogP contribution in [0.1, 0.15) is 36.8 Å². The van der Waals surface area contributed by atoms with Crippen LogP contribution >= 0.6 is 60.5 Å². The van der Waals surface area contributed by atoms with E-state index in [9.17, 15) is 0 Å². The van der Waals surface area contributed by atoms with E-state index in [1.54, 1.807) is 0 Å². The fourth-order valence-corrected chi connectivity index (χ4v) is 5.34. The lowest BCUT2D eigenvalue weighted by Gasteiger charge is -2.01. The summed E-state index contributed by atoms with van der Waals surface area (Å²) in [6, 6.07) is 17.9. The first-order chi connectivity index (χ1) is 12.8. The summed E-state index contributed by atoms with van der Waals surface area (Å²) in [5, 5.41) is 1.94. The molecule has 0 bridgehead atoms. The first kappa shape index (κ1) is 23.5. The van der Waals surface area contributed by atoms with Crippen molar-refractivity contribution in [2.45, 2.75) is 57.5 Å². The molecule has 0 aliphatic heterocycles. The number of hydrogen-bond acceptors (Lipinski definition) is 4. The van der Waals surface area contributed by atoms with Gasteiger partial charge < -0.3 is 0 Å². The van der Waals surface area contributed by atoms with Gasteiger partial charge in [-0.25, -0.2) is 0 Å². The van der Waals surface area contributed by atoms with Crippen LogP contribution in [-0.4, -0.2) is 23.0 Å². The third-order valence-corrected chi connectivity index (χ3v) is 8.71. The van der Waals surface area contributed by atoms with E-state index in [0.29, 0.717) is 0 Å². The second-order valence-electron chi connectivity index (χ2n) is 6.72. The van der Waals surface area contributed by atoms with Gasteiger partial charge in [-0.15, -0.1) is 23.5 Å². The second kappa shape index (κ2) is 12.7. The topological polar surface area (TPSA) is 0 Å². The Balaban J connectivity index is 0.000000187. The lowest BCUT2D eigenvalue weighted by molar-refractivity contribution is 1.34. The van der Waals surface area contributed by atoms with Crippen molar-refractivity contribution in [1.29, 1.82) is 0 Å². The van der Waals surface area contributed by atoms with E-state index in [0.717, 1.165) is 10.5 Å². The molecule has 0 heterocycles. The normalized spacial score (nSPS) is 15.5. The zero-order valence-electron chi connectivity index (χ0n) is 16.1. The predicted octanol–water partition coefficient (Wildman–Crippen LogP) is 7.72. The summed E-state index contributed by atoms with van der Waals surface area (Å²) < 4.78 is 0. The van der Waals surface area contributed by atoms with Crippen molar-refractivity contribution in [2.75, 3.05) is 12.5 Å². The van der Waals surface area contributed by atoms with Gasteiger partial charge in [-0.3, -0.25) is 0 Å². The summed E-state index contributed by atoms with van der Waals surface area (Å²) in [5.74, 6) is 2.39. The van der Waals surface area contributed by atoms with Gasteiger partial charge >= 0.3 is 0 Å². The Morgan fingerprint density at radius 3 is 1.22 bits per heavy atom. The van der Waals surface area contributed by atoms with Gasteiger partial charge in [-0.2, -0.15) is 37.0 Å². The van der Waals surface area contributed by atoms with Crippen LogP contribution in [0.25, 0.3) is 0 Å². The van der Waals surface area contributed by atoms with Crippen molar-refractivity contribution in [3.8, 4) is 0 Å². The summed E-state index contributed by atoms with van der Waals surface area (Å²) in [7, 11) is 0. The molecule has 0 N–H and O–H groups in total. The largest absolute Gasteiger partial charge is 0.197 e. The highest BCUT2D eigenvalue weighted by molar-refractivity contribution is 7.99. The van der Waals surface area contributed by atoms with Crippen molar-refractivity contribution < 1.29 is 0 Å². The molecule has 0 amide bonds. The van der Waals surface area contributed by atoms with Crippen LogP contribution in [0, 0.1) is 0 Å². The second-order valence-corrected chi connectivity index (χ2v) is 11.1. The van der Waals surface area contributed by atoms with Crippen LogP contribution in [-0.2, 0) is 11.5 Å². The van der Waals surface area contributed by atoms with E-state index >= 15 is 0 Å². The summed E-state index contributed by atoms with van der Waals surface area (Å²) >= 11 is 7.82. The molecule has 27 heavy (non-hydrogen) atoms. The van der Waals surface area contributed by atoms with Crippen LogP contribution in [0.2, 0.25) is 0 Å². The van der Waals surface area contributed by atoms with Crippen molar-refractivity contribution in [3.63, 3.8) is 0 Å². The van der Waals surface area contributed by atoms with E-state index in [2.05, 4.69) is 84.6 Å². The smallest absolute Gasteiger partial charge is 0.0187 e. The molecule has 0 unspecified atom stereocenters. The van der Waals surface area contributed by atoms with E-state index in [-0.39, 0.29) is 13.5 Å². The molecule has 4 rings (SSSR count). The highest BCUT2D eigenvalue weighted by Gasteiger charge is 2.21. The molecule has 0 saturated heterocycles. The molecule has 0 aromatic heterocycles. The first-order valence-corrected chi connectivity index (χ1v) is 13.8. The van der Waals surface area contributed by atoms with Gasteiger partial charge in [0.05, 0.1) is 0 Å². The Labute approximate surface area is 189 Å². The Morgan fingerprint density at radius 2 is 0.963 bits per heavy atom. The predicted molar refractivity (Wildman–Crippen MR) is 135 cm³/mol. The van der Waals surface area contributed by atoms with E-state index < -0.39 is 0 Å². The fraction of sp³-hybridized carbons (Fsp3) is 0.455. The summed E-state index contributed by atoms with van der Waals surface area (Å²) in [4.78, 5) is 2.72. The molecular weight excluding hydrogens is 425 g/mol. The number of hydrogen-bond donors (Lipinski definition) is 0. The van der Waals surface area contributed by atoms with Gasteiger partial charge in [0.1, 0.15) is 0 Å². The Morgan fingerprint density at radius 1 is 0.630 bits per heavy atom. The molecule has 0 nitrogen and oxygen atoms in total. The average molecular weight is 455 g/mol. The highest BCUT2D eigenvalue weighted by Crippen LogP contribution is 2.36. The van der Waals surface area contributed by atoms with E-state index in [4.69, 9.17) is 0 Å². The summed E-state index contributed by atoms with van der Waals surface area (Å²) in [6.45, 7) is 0. The van der Waals surface area contributed by atoms with Gasteiger partial charge in [0, 0.05) is 31.8 Å². The maximum Gasteiger partial charge on any atom is 0.0187 e. The summed E-state index contributed by atoms with van der Waals surface area (Å²) in [6.07, 6.45) is 9.99. The molecule has 0 radical (unpaired) electrons. The fourth-order valence-electron chi connectivity index (χ4n) is 2.34. The van der Waals surface area contributed by atoms with Crippen LogP contribution in [0.4, 0.5) is 0 Å². The van der Waals surface area contributed by atoms with E-state index in [1.165, 1.54) is 58.1 Å². The van der Waals surface area contributed by atoms with Crippen molar-refractivity contribution in [2.24, 2.45) is 0 Å². The molecule has 2 aromatic rings. The summed E-state index contributed by atoms with van der Waals surface area (Å²) in [5.41, 5.74) is 2.93. The van der Waals surface area contributed by atoms with Gasteiger partial charge in [0.2, 0.25) is 0 Å². The molecular formula is C22H30S5. The molecule has 2 aromatic carbocycles. The molecule has 2 saturated carbocycles. The van der Waals surface area contributed by atoms with Crippen LogP contribution in [0.15, 0.2) is 58.3 Å². The van der Waals surface area contributed by atoms with Crippen LogP contribution in [0.5, 0.6) is 0 Å². The molecule has 5 heteroatoms. The Kier molecular flexibility index (Phi) is 11.0. The SMILES string of the molecule is CSc1ccc(CSC2CC2)cc1.CSc1ccc(CSC2CC2)cc1.S. The van der Waals surface area contributed by atoms with Gasteiger partial charge in [-0.1, -0.05) is 24.3 Å². The molecule has 148 valence electrons. The minimum Gasteiger partial charge on any atom is -0.197 e. The molecule has 2 aliphatic carbocycles. The molecule has 2 aliphatic rings. The van der Waals surface area contributed by atoms with Gasteiger partial charge in [0.15, 0.2) is 0 Å². The zero-order chi connectivity index (χ0) is 18.2. The Bertz CT molecular complexity index is 586. The first-order valence-electron chi connectivity index (χ1n) is 9.26. The minimum atomic E-state index is 0. The monoisotopic (exact) mass is 454 g/mol. The molecule has 0 atom stereocenters. The van der Waals surface area contributed by atoms with Crippen molar-refractivity contribution >= 4 is 60.5 Å². The number of thioether (sulfide) groups is 4. The van der Waals surface area contributed by atoms with Gasteiger partial charge in [-0.05, 0) is 73.6 Å². The van der Waals surface area contributed by atoms with Gasteiger partial charge in [0.25, 0.3) is 0 Å². The van der Waals surface area contributed by atoms with Crippen LogP contribution < -0.4 is 0 Å². The molecule has 0 spiro atoms.